The number of nitrogens with zero attached hydrogens (tertiary/aromatic N) is 2. The third kappa shape index (κ3) is 4.96. The maximum absolute atomic E-state index is 11.9. The lowest BCUT2D eigenvalue weighted by molar-refractivity contribution is -0.117. The highest BCUT2D eigenvalue weighted by molar-refractivity contribution is 5.91. The van der Waals surface area contributed by atoms with Crippen molar-refractivity contribution in [1.29, 1.82) is 0 Å². The van der Waals surface area contributed by atoms with Crippen LogP contribution < -0.4 is 10.1 Å². The second kappa shape index (κ2) is 7.79. The van der Waals surface area contributed by atoms with Gasteiger partial charge in [-0.2, -0.15) is 5.10 Å². The molecule has 0 spiro atoms. The van der Waals surface area contributed by atoms with Gasteiger partial charge >= 0.3 is 0 Å². The molecule has 1 unspecified atom stereocenters. The number of hydrogen-bond donors (Lipinski definition) is 2. The molecule has 2 aromatic rings. The van der Waals surface area contributed by atoms with Crippen molar-refractivity contribution in [2.75, 3.05) is 13.2 Å². The van der Waals surface area contributed by atoms with E-state index in [2.05, 4.69) is 10.4 Å². The average Bonchev–Trinajstić information content (AvgIpc) is 3.00. The molecule has 24 heavy (non-hydrogen) atoms. The van der Waals surface area contributed by atoms with Gasteiger partial charge in [-0.1, -0.05) is 12.1 Å². The van der Waals surface area contributed by atoms with E-state index in [-0.39, 0.29) is 12.5 Å². The highest BCUT2D eigenvalue weighted by atomic mass is 16.5. The van der Waals surface area contributed by atoms with Crippen LogP contribution in [-0.4, -0.2) is 33.9 Å². The Morgan fingerprint density at radius 1 is 1.42 bits per heavy atom. The Bertz CT molecular complexity index is 703. The fraction of sp³-hybridized carbons (Fsp3) is 0.333. The van der Waals surface area contributed by atoms with Crippen molar-refractivity contribution in [2.45, 2.75) is 19.4 Å². The summed E-state index contributed by atoms with van der Waals surface area (Å²) in [5.74, 6) is 0.527. The van der Waals surface area contributed by atoms with E-state index in [9.17, 15) is 9.90 Å². The van der Waals surface area contributed by atoms with Crippen LogP contribution in [-0.2, 0) is 17.4 Å². The van der Waals surface area contributed by atoms with Crippen molar-refractivity contribution in [2.24, 2.45) is 7.05 Å². The number of aliphatic hydroxyl groups is 1. The first-order valence-corrected chi connectivity index (χ1v) is 7.81. The molecular formula is C18H23N3O3. The number of amides is 1. The Hall–Kier alpha value is -2.60. The second-order valence-corrected chi connectivity index (χ2v) is 5.73. The number of rotatable bonds is 7. The van der Waals surface area contributed by atoms with Crippen LogP contribution >= 0.6 is 0 Å². The van der Waals surface area contributed by atoms with Crippen LogP contribution in [0.5, 0.6) is 5.75 Å². The third-order valence-corrected chi connectivity index (χ3v) is 3.55. The Labute approximate surface area is 141 Å². The first kappa shape index (κ1) is 17.7. The van der Waals surface area contributed by atoms with E-state index in [4.69, 9.17) is 4.74 Å². The van der Waals surface area contributed by atoms with Gasteiger partial charge in [0, 0.05) is 24.9 Å². The smallest absolute Gasteiger partial charge is 0.244 e. The monoisotopic (exact) mass is 329 g/mol. The molecule has 6 nitrogen and oxygen atoms in total. The topological polar surface area (TPSA) is 76.4 Å². The molecule has 2 N–H and O–H groups in total. The lowest BCUT2D eigenvalue weighted by atomic mass is 10.00. The molecular weight excluding hydrogens is 306 g/mol. The molecule has 1 aromatic carbocycles. The summed E-state index contributed by atoms with van der Waals surface area (Å²) in [5.41, 5.74) is 0.380. The zero-order chi connectivity index (χ0) is 17.6. The van der Waals surface area contributed by atoms with Gasteiger partial charge in [0.15, 0.2) is 0 Å². The number of nitrogens with one attached hydrogen (secondary N) is 1. The molecule has 1 amide bonds. The highest BCUT2D eigenvalue weighted by Gasteiger charge is 2.24. The molecule has 6 heteroatoms. The molecule has 0 radical (unpaired) electrons. The SMILES string of the molecule is CCOc1ccc(C=CC(=O)NCC(C)(O)c2cnn(C)c2)cc1. The molecule has 0 aliphatic rings. The molecule has 0 fully saturated rings. The van der Waals surface area contributed by atoms with E-state index >= 15 is 0 Å². The fourth-order valence-electron chi connectivity index (χ4n) is 2.13. The van der Waals surface area contributed by atoms with Crippen LogP contribution in [0, 0.1) is 0 Å². The van der Waals surface area contributed by atoms with Crippen molar-refractivity contribution in [3.63, 3.8) is 0 Å². The van der Waals surface area contributed by atoms with E-state index in [0.29, 0.717) is 12.2 Å². The van der Waals surface area contributed by atoms with Crippen LogP contribution in [0.4, 0.5) is 0 Å². The van der Waals surface area contributed by atoms with Gasteiger partial charge < -0.3 is 15.2 Å². The number of aryl methyl sites for hydroxylation is 1. The van der Waals surface area contributed by atoms with Gasteiger partial charge in [-0.15, -0.1) is 0 Å². The highest BCUT2D eigenvalue weighted by Crippen LogP contribution is 2.18. The number of carbonyl (C=O) groups is 1. The van der Waals surface area contributed by atoms with Crippen LogP contribution in [0.2, 0.25) is 0 Å². The Balaban J connectivity index is 1.88. The maximum atomic E-state index is 11.9. The van der Waals surface area contributed by atoms with Gasteiger partial charge in [-0.25, -0.2) is 0 Å². The van der Waals surface area contributed by atoms with Crippen LogP contribution in [0.25, 0.3) is 6.08 Å². The van der Waals surface area contributed by atoms with Crippen molar-refractivity contribution < 1.29 is 14.6 Å². The Kier molecular flexibility index (Phi) is 5.76. The number of aromatic nitrogens is 2. The zero-order valence-corrected chi connectivity index (χ0v) is 14.2. The molecule has 0 bridgehead atoms. The number of ether oxygens (including phenoxy) is 1. The quantitative estimate of drug-likeness (QED) is 0.760. The second-order valence-electron chi connectivity index (χ2n) is 5.73. The summed E-state index contributed by atoms with van der Waals surface area (Å²) in [5, 5.41) is 17.1. The van der Waals surface area contributed by atoms with Crippen molar-refractivity contribution in [3.05, 3.63) is 53.9 Å². The standard InChI is InChI=1S/C18H23N3O3/c1-4-24-16-8-5-14(6-9-16)7-10-17(22)19-13-18(2,23)15-11-20-21(3)12-15/h5-12,23H,4,13H2,1-3H3,(H,19,22). The fourth-order valence-corrected chi connectivity index (χ4v) is 2.13. The average molecular weight is 329 g/mol. The Morgan fingerprint density at radius 2 is 2.12 bits per heavy atom. The van der Waals surface area contributed by atoms with Gasteiger partial charge in [0.2, 0.25) is 5.91 Å². The third-order valence-electron chi connectivity index (χ3n) is 3.55. The van der Waals surface area contributed by atoms with Crippen molar-refractivity contribution in [3.8, 4) is 5.75 Å². The molecule has 1 aromatic heterocycles. The lowest BCUT2D eigenvalue weighted by Gasteiger charge is -2.21. The first-order valence-electron chi connectivity index (χ1n) is 7.81. The summed E-state index contributed by atoms with van der Waals surface area (Å²) < 4.78 is 6.98. The zero-order valence-electron chi connectivity index (χ0n) is 14.2. The van der Waals surface area contributed by atoms with E-state index < -0.39 is 5.60 Å². The lowest BCUT2D eigenvalue weighted by Crippen LogP contribution is -2.37. The van der Waals surface area contributed by atoms with Gasteiger partial charge in [0.25, 0.3) is 0 Å². The van der Waals surface area contributed by atoms with Gasteiger partial charge in [0.05, 0.1) is 19.3 Å². The van der Waals surface area contributed by atoms with E-state index in [0.717, 1.165) is 11.3 Å². The summed E-state index contributed by atoms with van der Waals surface area (Å²) in [7, 11) is 1.78. The van der Waals surface area contributed by atoms with Crippen molar-refractivity contribution in [1.82, 2.24) is 15.1 Å². The molecule has 0 saturated carbocycles. The molecule has 0 aliphatic heterocycles. The summed E-state index contributed by atoms with van der Waals surface area (Å²) in [6, 6.07) is 7.46. The molecule has 128 valence electrons. The largest absolute Gasteiger partial charge is 0.494 e. The molecule has 0 saturated heterocycles. The molecule has 1 atom stereocenters. The number of benzene rings is 1. The van der Waals surface area contributed by atoms with E-state index in [1.807, 2.05) is 31.2 Å². The summed E-state index contributed by atoms with van der Waals surface area (Å²) in [4.78, 5) is 11.9. The van der Waals surface area contributed by atoms with Gasteiger partial charge in [-0.05, 0) is 37.6 Å². The summed E-state index contributed by atoms with van der Waals surface area (Å²) >= 11 is 0. The number of carbonyl (C=O) groups excluding carboxylic acids is 1. The summed E-state index contributed by atoms with van der Waals surface area (Å²) in [6.07, 6.45) is 6.46. The normalized spacial score (nSPS) is 13.7. The minimum absolute atomic E-state index is 0.102. The predicted molar refractivity (Wildman–Crippen MR) is 92.4 cm³/mol. The van der Waals surface area contributed by atoms with E-state index in [1.165, 1.54) is 6.08 Å². The number of hydrogen-bond acceptors (Lipinski definition) is 4. The van der Waals surface area contributed by atoms with Crippen LogP contribution in [0.3, 0.4) is 0 Å². The van der Waals surface area contributed by atoms with Crippen LogP contribution in [0.1, 0.15) is 25.0 Å². The minimum Gasteiger partial charge on any atom is -0.494 e. The van der Waals surface area contributed by atoms with E-state index in [1.54, 1.807) is 37.1 Å². The minimum atomic E-state index is -1.17. The molecule has 1 heterocycles. The Morgan fingerprint density at radius 3 is 2.71 bits per heavy atom. The van der Waals surface area contributed by atoms with Gasteiger partial charge in [-0.3, -0.25) is 9.48 Å². The van der Waals surface area contributed by atoms with Crippen molar-refractivity contribution >= 4 is 12.0 Å². The first-order chi connectivity index (χ1) is 11.4. The summed E-state index contributed by atoms with van der Waals surface area (Å²) in [6.45, 7) is 4.29. The molecule has 0 aliphatic carbocycles. The predicted octanol–water partition coefficient (Wildman–Crippen LogP) is 1.86. The van der Waals surface area contributed by atoms with Gasteiger partial charge in [0.1, 0.15) is 11.4 Å². The molecule has 2 rings (SSSR count). The maximum Gasteiger partial charge on any atom is 0.244 e. The van der Waals surface area contributed by atoms with Crippen LogP contribution in [0.15, 0.2) is 42.7 Å².